The number of aliphatic hydroxyl groups excluding tert-OH is 1. The number of likely N-dealkylation sites (N-methyl/N-ethyl adjacent to an activating group) is 1. The molecule has 0 aromatic heterocycles. The van der Waals surface area contributed by atoms with Crippen molar-refractivity contribution in [2.24, 2.45) is 5.92 Å². The van der Waals surface area contributed by atoms with Crippen molar-refractivity contribution in [2.45, 2.75) is 57.3 Å². The van der Waals surface area contributed by atoms with Crippen LogP contribution < -0.4 is 5.32 Å². The Morgan fingerprint density at radius 2 is 2.21 bits per heavy atom. The molecule has 4 nitrogen and oxygen atoms in total. The molecule has 0 radical (unpaired) electrons. The second-order valence-electron chi connectivity index (χ2n) is 6.54. The Hall–Kier alpha value is -0.160. The number of hydrogen-bond donors (Lipinski definition) is 2. The van der Waals surface area contributed by atoms with Crippen LogP contribution >= 0.6 is 0 Å². The van der Waals surface area contributed by atoms with Crippen LogP contribution in [0.1, 0.15) is 39.0 Å². The van der Waals surface area contributed by atoms with Crippen molar-refractivity contribution in [3.8, 4) is 0 Å². The highest BCUT2D eigenvalue weighted by molar-refractivity contribution is 4.80. The molecule has 0 aromatic rings. The number of nitrogens with zero attached hydrogens (tertiary/aromatic N) is 1. The topological polar surface area (TPSA) is 44.7 Å². The number of nitrogens with one attached hydrogen (secondary N) is 1. The summed E-state index contributed by atoms with van der Waals surface area (Å²) in [6.45, 7) is 5.68. The van der Waals surface area contributed by atoms with E-state index in [1.807, 2.05) is 0 Å². The Labute approximate surface area is 117 Å². The van der Waals surface area contributed by atoms with Gasteiger partial charge in [0.1, 0.15) is 0 Å². The van der Waals surface area contributed by atoms with Crippen molar-refractivity contribution in [1.29, 1.82) is 0 Å². The summed E-state index contributed by atoms with van der Waals surface area (Å²) >= 11 is 0. The number of aliphatic hydroxyl groups is 1. The number of hydrogen-bond acceptors (Lipinski definition) is 4. The van der Waals surface area contributed by atoms with Crippen molar-refractivity contribution >= 4 is 0 Å². The van der Waals surface area contributed by atoms with Gasteiger partial charge in [0.15, 0.2) is 0 Å². The normalized spacial score (nSPS) is 34.6. The highest BCUT2D eigenvalue weighted by Crippen LogP contribution is 2.25. The number of rotatable bonds is 6. The molecule has 1 saturated carbocycles. The van der Waals surface area contributed by atoms with Crippen molar-refractivity contribution < 1.29 is 9.84 Å². The van der Waals surface area contributed by atoms with Crippen LogP contribution in [0.3, 0.4) is 0 Å². The molecule has 2 N–H and O–H groups in total. The van der Waals surface area contributed by atoms with Gasteiger partial charge < -0.3 is 20.1 Å². The predicted octanol–water partition coefficient (Wildman–Crippen LogP) is 1.24. The highest BCUT2D eigenvalue weighted by Gasteiger charge is 2.22. The molecule has 1 aliphatic heterocycles. The third-order valence-electron chi connectivity index (χ3n) is 4.45. The van der Waals surface area contributed by atoms with Gasteiger partial charge in [0, 0.05) is 19.1 Å². The molecule has 0 spiro atoms. The van der Waals surface area contributed by atoms with E-state index in [0.29, 0.717) is 25.3 Å². The van der Waals surface area contributed by atoms with Crippen LogP contribution in [0, 0.1) is 5.92 Å². The molecule has 1 saturated heterocycles. The largest absolute Gasteiger partial charge is 0.389 e. The van der Waals surface area contributed by atoms with Crippen LogP contribution in [0.2, 0.25) is 0 Å². The number of ether oxygens (including phenoxy) is 1. The lowest BCUT2D eigenvalue weighted by molar-refractivity contribution is -0.0311. The Kier molecular flexibility index (Phi) is 6.07. The van der Waals surface area contributed by atoms with E-state index in [2.05, 4.69) is 24.2 Å². The van der Waals surface area contributed by atoms with Crippen LogP contribution in [-0.2, 0) is 4.74 Å². The van der Waals surface area contributed by atoms with E-state index in [9.17, 15) is 5.11 Å². The first kappa shape index (κ1) is 15.2. The zero-order chi connectivity index (χ0) is 13.7. The predicted molar refractivity (Wildman–Crippen MR) is 77.3 cm³/mol. The first-order valence-electron chi connectivity index (χ1n) is 7.85. The molecule has 4 unspecified atom stereocenters. The third kappa shape index (κ3) is 5.38. The van der Waals surface area contributed by atoms with Gasteiger partial charge >= 0.3 is 0 Å². The summed E-state index contributed by atoms with van der Waals surface area (Å²) in [5, 5.41) is 13.4. The minimum Gasteiger partial charge on any atom is -0.389 e. The average Bonchev–Trinajstić information content (AvgIpc) is 2.80. The van der Waals surface area contributed by atoms with E-state index in [4.69, 9.17) is 4.74 Å². The molecule has 1 aliphatic carbocycles. The molecule has 2 rings (SSSR count). The van der Waals surface area contributed by atoms with Gasteiger partial charge in [-0.2, -0.15) is 0 Å². The summed E-state index contributed by atoms with van der Waals surface area (Å²) in [6, 6.07) is 0.536. The van der Waals surface area contributed by atoms with Crippen LogP contribution in [0.5, 0.6) is 0 Å². The van der Waals surface area contributed by atoms with Crippen molar-refractivity contribution in [3.63, 3.8) is 0 Å². The Morgan fingerprint density at radius 3 is 2.89 bits per heavy atom. The lowest BCUT2D eigenvalue weighted by atomic mass is 9.89. The molecular formula is C15H30N2O2. The van der Waals surface area contributed by atoms with Gasteiger partial charge in [-0.3, -0.25) is 0 Å². The van der Waals surface area contributed by atoms with Gasteiger partial charge in [0.05, 0.1) is 18.8 Å². The Balaban J connectivity index is 1.55. The maximum Gasteiger partial charge on any atom is 0.0897 e. The molecule has 19 heavy (non-hydrogen) atoms. The van der Waals surface area contributed by atoms with Crippen LogP contribution in [0.4, 0.5) is 0 Å². The SMILES string of the molecule is CC1CCCC(OCC(O)CNC2CCN(C)C2)C1. The molecule has 4 atom stereocenters. The Bertz CT molecular complexity index is 263. The maximum absolute atomic E-state index is 9.97. The zero-order valence-electron chi connectivity index (χ0n) is 12.5. The van der Waals surface area contributed by atoms with Gasteiger partial charge in [0.25, 0.3) is 0 Å². The van der Waals surface area contributed by atoms with E-state index < -0.39 is 0 Å². The van der Waals surface area contributed by atoms with Gasteiger partial charge in [-0.05, 0) is 38.8 Å². The van der Waals surface area contributed by atoms with Gasteiger partial charge in [-0.1, -0.05) is 19.8 Å². The summed E-state index contributed by atoms with van der Waals surface area (Å²) in [6.07, 6.45) is 6.11. The van der Waals surface area contributed by atoms with Gasteiger partial charge in [-0.25, -0.2) is 0 Å². The minimum atomic E-state index is -0.372. The summed E-state index contributed by atoms with van der Waals surface area (Å²) in [7, 11) is 2.14. The van der Waals surface area contributed by atoms with Crippen LogP contribution in [0.25, 0.3) is 0 Å². The minimum absolute atomic E-state index is 0.371. The Morgan fingerprint density at radius 1 is 1.37 bits per heavy atom. The van der Waals surface area contributed by atoms with E-state index in [-0.39, 0.29) is 6.10 Å². The molecule has 112 valence electrons. The van der Waals surface area contributed by atoms with Gasteiger partial charge in [0.2, 0.25) is 0 Å². The quantitative estimate of drug-likeness (QED) is 0.762. The van der Waals surface area contributed by atoms with Crippen LogP contribution in [-0.4, -0.2) is 61.5 Å². The molecule has 2 fully saturated rings. The fraction of sp³-hybridized carbons (Fsp3) is 1.00. The van der Waals surface area contributed by atoms with E-state index in [1.54, 1.807) is 0 Å². The van der Waals surface area contributed by atoms with Crippen molar-refractivity contribution in [2.75, 3.05) is 33.3 Å². The molecule has 2 aliphatic rings. The number of likely N-dealkylation sites (tertiary alicyclic amines) is 1. The summed E-state index contributed by atoms with van der Waals surface area (Å²) in [4.78, 5) is 2.32. The average molecular weight is 270 g/mol. The summed E-state index contributed by atoms with van der Waals surface area (Å²) in [5.41, 5.74) is 0. The molecule has 0 amide bonds. The van der Waals surface area contributed by atoms with E-state index in [1.165, 1.54) is 19.3 Å². The van der Waals surface area contributed by atoms with Crippen molar-refractivity contribution in [1.82, 2.24) is 10.2 Å². The summed E-state index contributed by atoms with van der Waals surface area (Å²) in [5.74, 6) is 0.781. The molecule has 0 bridgehead atoms. The highest BCUT2D eigenvalue weighted by atomic mass is 16.5. The van der Waals surface area contributed by atoms with E-state index >= 15 is 0 Å². The molecule has 1 heterocycles. The second-order valence-corrected chi connectivity index (χ2v) is 6.54. The maximum atomic E-state index is 9.97. The van der Waals surface area contributed by atoms with Crippen LogP contribution in [0.15, 0.2) is 0 Å². The second kappa shape index (κ2) is 7.58. The molecule has 0 aromatic carbocycles. The smallest absolute Gasteiger partial charge is 0.0897 e. The van der Waals surface area contributed by atoms with Crippen molar-refractivity contribution in [3.05, 3.63) is 0 Å². The lowest BCUT2D eigenvalue weighted by Gasteiger charge is -2.27. The van der Waals surface area contributed by atoms with Gasteiger partial charge in [-0.15, -0.1) is 0 Å². The monoisotopic (exact) mass is 270 g/mol. The first-order valence-corrected chi connectivity index (χ1v) is 7.85. The molecule has 4 heteroatoms. The fourth-order valence-electron chi connectivity index (χ4n) is 3.24. The zero-order valence-corrected chi connectivity index (χ0v) is 12.5. The fourth-order valence-corrected chi connectivity index (χ4v) is 3.24. The summed E-state index contributed by atoms with van der Waals surface area (Å²) < 4.78 is 5.85. The lowest BCUT2D eigenvalue weighted by Crippen LogP contribution is -2.39. The third-order valence-corrected chi connectivity index (χ3v) is 4.45. The standard InChI is InChI=1S/C15H30N2O2/c1-12-4-3-5-15(8-12)19-11-14(18)9-16-13-6-7-17(2)10-13/h12-16,18H,3-11H2,1-2H3. The first-order chi connectivity index (χ1) is 9.13. The molecular weight excluding hydrogens is 240 g/mol. The van der Waals surface area contributed by atoms with E-state index in [0.717, 1.165) is 31.8 Å².